The molecule has 0 atom stereocenters. The van der Waals surface area contributed by atoms with Crippen LogP contribution in [0.3, 0.4) is 0 Å². The lowest BCUT2D eigenvalue weighted by atomic mass is 10.0. The van der Waals surface area contributed by atoms with Crippen LogP contribution in [0.1, 0.15) is 40.2 Å². The minimum absolute atomic E-state index is 0.137. The Hall–Kier alpha value is -3.87. The van der Waals surface area contributed by atoms with Gasteiger partial charge >= 0.3 is 12.4 Å². The zero-order valence-corrected chi connectivity index (χ0v) is 19.5. The number of amides is 1. The van der Waals surface area contributed by atoms with Gasteiger partial charge in [0.25, 0.3) is 15.9 Å². The number of hydrogen-bond donors (Lipinski definition) is 1. The molecule has 1 N–H and O–H groups in total. The molecule has 4 rings (SSSR count). The smallest absolute Gasteiger partial charge is 0.268 e. The van der Waals surface area contributed by atoms with E-state index in [4.69, 9.17) is 0 Å². The van der Waals surface area contributed by atoms with Crippen LogP contribution in [-0.2, 0) is 22.4 Å². The van der Waals surface area contributed by atoms with Gasteiger partial charge in [-0.3, -0.25) is 4.79 Å². The molecule has 13 heteroatoms. The number of hydrogen-bond acceptors (Lipinski definition) is 4. The average molecular weight is 541 g/mol. The summed E-state index contributed by atoms with van der Waals surface area (Å²) in [5.41, 5.74) is -1.62. The molecule has 1 aromatic heterocycles. The standard InChI is InChI=1S/C24H17F6N3O3S/c25-23(26,27)17-8-6-16(7-9-17)22(34)32-37(35,36)19-12-10-18(11-13-19)33-20(15-4-2-1-3-5-15)14-21(31-33)24(28,29)30/h2,4-14H,1,3H2,(H,32,34). The van der Waals surface area contributed by atoms with E-state index in [1.165, 1.54) is 12.1 Å². The highest BCUT2D eigenvalue weighted by Crippen LogP contribution is 2.33. The summed E-state index contributed by atoms with van der Waals surface area (Å²) in [5, 5.41) is 3.65. The van der Waals surface area contributed by atoms with Crippen molar-refractivity contribution >= 4 is 21.5 Å². The molecule has 0 bridgehead atoms. The summed E-state index contributed by atoms with van der Waals surface area (Å²) in [6.07, 6.45) is -2.69. The molecule has 1 amide bonds. The van der Waals surface area contributed by atoms with Gasteiger partial charge in [0, 0.05) is 5.56 Å². The Balaban J connectivity index is 1.59. The van der Waals surface area contributed by atoms with Crippen molar-refractivity contribution in [1.82, 2.24) is 14.5 Å². The Morgan fingerprint density at radius 1 is 0.892 bits per heavy atom. The third-order valence-corrected chi connectivity index (χ3v) is 6.73. The van der Waals surface area contributed by atoms with Crippen molar-refractivity contribution in [2.24, 2.45) is 0 Å². The first kappa shape index (κ1) is 26.2. The monoisotopic (exact) mass is 541 g/mol. The molecule has 194 valence electrons. The molecule has 1 aliphatic rings. The number of halogens is 6. The maximum absolute atomic E-state index is 13.3. The Bertz CT molecular complexity index is 1480. The Morgan fingerprint density at radius 3 is 2.08 bits per heavy atom. The molecular formula is C24H17F6N3O3S. The van der Waals surface area contributed by atoms with Crippen LogP contribution in [-0.4, -0.2) is 24.1 Å². The van der Waals surface area contributed by atoms with Crippen LogP contribution in [0.4, 0.5) is 26.3 Å². The number of benzene rings is 2. The highest BCUT2D eigenvalue weighted by Gasteiger charge is 2.35. The molecule has 0 fully saturated rings. The summed E-state index contributed by atoms with van der Waals surface area (Å²) < 4.78 is 106. The fraction of sp³-hybridized carbons (Fsp3) is 0.167. The third kappa shape index (κ3) is 5.77. The second-order valence-corrected chi connectivity index (χ2v) is 9.65. The van der Waals surface area contributed by atoms with Crippen LogP contribution in [0.15, 0.2) is 77.7 Å². The number of rotatable bonds is 5. The zero-order valence-electron chi connectivity index (χ0n) is 18.6. The fourth-order valence-corrected chi connectivity index (χ4v) is 4.52. The van der Waals surface area contributed by atoms with Crippen LogP contribution >= 0.6 is 0 Å². The van der Waals surface area contributed by atoms with Crippen LogP contribution in [0.25, 0.3) is 11.3 Å². The van der Waals surface area contributed by atoms with Gasteiger partial charge in [0.15, 0.2) is 5.69 Å². The maximum Gasteiger partial charge on any atom is 0.435 e. The largest absolute Gasteiger partial charge is 0.435 e. The number of allylic oxidation sites excluding steroid dienone is 4. The van der Waals surface area contributed by atoms with Gasteiger partial charge in [-0.15, -0.1) is 0 Å². The molecule has 0 saturated carbocycles. The van der Waals surface area contributed by atoms with E-state index in [2.05, 4.69) is 5.10 Å². The lowest BCUT2D eigenvalue weighted by molar-refractivity contribution is -0.141. The van der Waals surface area contributed by atoms with E-state index in [1.54, 1.807) is 16.9 Å². The van der Waals surface area contributed by atoms with Crippen LogP contribution in [0.5, 0.6) is 0 Å². The van der Waals surface area contributed by atoms with Gasteiger partial charge in [0.2, 0.25) is 0 Å². The van der Waals surface area contributed by atoms with E-state index < -0.39 is 44.4 Å². The van der Waals surface area contributed by atoms with Gasteiger partial charge in [-0.1, -0.05) is 18.2 Å². The number of nitrogens with one attached hydrogen (secondary N) is 1. The predicted octanol–water partition coefficient (Wildman–Crippen LogP) is 5.76. The first-order chi connectivity index (χ1) is 17.3. The molecule has 0 saturated heterocycles. The average Bonchev–Trinajstić information content (AvgIpc) is 3.30. The Labute approximate surface area is 207 Å². The van der Waals surface area contributed by atoms with Gasteiger partial charge < -0.3 is 0 Å². The van der Waals surface area contributed by atoms with Crippen molar-refractivity contribution in [2.75, 3.05) is 0 Å². The number of carbonyl (C=O) groups excluding carboxylic acids is 1. The van der Waals surface area contributed by atoms with Crippen LogP contribution < -0.4 is 4.72 Å². The summed E-state index contributed by atoms with van der Waals surface area (Å²) in [6.45, 7) is 0. The SMILES string of the molecule is O=C(NS(=O)(=O)c1ccc(-n2nc(C(F)(F)F)cc2C2=CCCC=C2)cc1)c1ccc(C(F)(F)F)cc1. The third-order valence-electron chi connectivity index (χ3n) is 5.38. The number of aromatic nitrogens is 2. The van der Waals surface area contributed by atoms with Gasteiger partial charge in [0.05, 0.1) is 21.8 Å². The molecule has 6 nitrogen and oxygen atoms in total. The molecule has 37 heavy (non-hydrogen) atoms. The van der Waals surface area contributed by atoms with Crippen molar-refractivity contribution < 1.29 is 39.6 Å². The van der Waals surface area contributed by atoms with Gasteiger partial charge in [-0.25, -0.2) is 17.8 Å². The summed E-state index contributed by atoms with van der Waals surface area (Å²) in [5.74, 6) is -1.15. The molecular weight excluding hydrogens is 524 g/mol. The highest BCUT2D eigenvalue weighted by molar-refractivity contribution is 7.90. The number of carbonyl (C=O) groups is 1. The first-order valence-corrected chi connectivity index (χ1v) is 12.1. The second-order valence-electron chi connectivity index (χ2n) is 7.97. The molecule has 0 radical (unpaired) electrons. The topological polar surface area (TPSA) is 81.1 Å². The quantitative estimate of drug-likeness (QED) is 0.417. The summed E-state index contributed by atoms with van der Waals surface area (Å²) >= 11 is 0. The second kappa shape index (κ2) is 9.54. The normalized spacial score (nSPS) is 14.4. The number of sulfonamides is 1. The van der Waals surface area contributed by atoms with Crippen molar-refractivity contribution in [3.05, 3.63) is 95.3 Å². The van der Waals surface area contributed by atoms with E-state index in [9.17, 15) is 39.6 Å². The molecule has 3 aromatic rings. The summed E-state index contributed by atoms with van der Waals surface area (Å²) in [7, 11) is -4.45. The first-order valence-electron chi connectivity index (χ1n) is 10.6. The van der Waals surface area contributed by atoms with E-state index in [-0.39, 0.29) is 16.9 Å². The predicted molar refractivity (Wildman–Crippen MR) is 121 cm³/mol. The lowest BCUT2D eigenvalue weighted by Gasteiger charge is -2.12. The van der Waals surface area contributed by atoms with Crippen molar-refractivity contribution in [1.29, 1.82) is 0 Å². The minimum atomic E-state index is -4.70. The Morgan fingerprint density at radius 2 is 1.54 bits per heavy atom. The lowest BCUT2D eigenvalue weighted by Crippen LogP contribution is -2.30. The fourth-order valence-electron chi connectivity index (χ4n) is 3.54. The molecule has 1 heterocycles. The number of nitrogens with zero attached hydrogens (tertiary/aromatic N) is 2. The number of alkyl halides is 6. The van der Waals surface area contributed by atoms with Gasteiger partial charge in [-0.05, 0) is 73.0 Å². The van der Waals surface area contributed by atoms with E-state index in [1.807, 2.05) is 6.08 Å². The summed E-state index contributed by atoms with van der Waals surface area (Å²) in [6, 6.07) is 8.45. The summed E-state index contributed by atoms with van der Waals surface area (Å²) in [4.78, 5) is 11.9. The van der Waals surface area contributed by atoms with E-state index in [0.29, 0.717) is 24.1 Å². The van der Waals surface area contributed by atoms with Gasteiger partial charge in [-0.2, -0.15) is 31.4 Å². The molecule has 0 unspecified atom stereocenters. The van der Waals surface area contributed by atoms with Crippen LogP contribution in [0, 0.1) is 0 Å². The molecule has 0 spiro atoms. The van der Waals surface area contributed by atoms with Crippen molar-refractivity contribution in [3.8, 4) is 5.69 Å². The molecule has 1 aliphatic carbocycles. The highest BCUT2D eigenvalue weighted by atomic mass is 32.2. The van der Waals surface area contributed by atoms with Gasteiger partial charge in [0.1, 0.15) is 0 Å². The molecule has 2 aromatic carbocycles. The van der Waals surface area contributed by atoms with E-state index in [0.717, 1.165) is 41.4 Å². The Kier molecular flexibility index (Phi) is 6.76. The molecule has 0 aliphatic heterocycles. The van der Waals surface area contributed by atoms with E-state index >= 15 is 0 Å². The zero-order chi connectivity index (χ0) is 27.0. The van der Waals surface area contributed by atoms with Crippen LogP contribution in [0.2, 0.25) is 0 Å². The minimum Gasteiger partial charge on any atom is -0.268 e. The van der Waals surface area contributed by atoms with Crippen molar-refractivity contribution in [2.45, 2.75) is 30.1 Å². The van der Waals surface area contributed by atoms with Crippen molar-refractivity contribution in [3.63, 3.8) is 0 Å². The maximum atomic E-state index is 13.3.